The van der Waals surface area contributed by atoms with E-state index in [1.165, 1.54) is 5.56 Å². The van der Waals surface area contributed by atoms with Gasteiger partial charge in [0.05, 0.1) is 18.8 Å². The Kier molecular flexibility index (Phi) is 4.63. The summed E-state index contributed by atoms with van der Waals surface area (Å²) in [6, 6.07) is 6.52. The fourth-order valence-corrected chi connectivity index (χ4v) is 3.16. The van der Waals surface area contributed by atoms with E-state index in [9.17, 15) is 0 Å². The van der Waals surface area contributed by atoms with Gasteiger partial charge in [0.2, 0.25) is 0 Å². The summed E-state index contributed by atoms with van der Waals surface area (Å²) in [5, 5.41) is 4.43. The SMILES string of the molecule is COc1ccc(C)cc1NC1=NC(C(C)(C)C)CCS1. The number of nitrogens with one attached hydrogen (secondary N) is 1. The summed E-state index contributed by atoms with van der Waals surface area (Å²) in [5.74, 6) is 1.97. The largest absolute Gasteiger partial charge is 0.495 e. The summed E-state index contributed by atoms with van der Waals surface area (Å²) in [6.45, 7) is 8.84. The Balaban J connectivity index is 2.21. The van der Waals surface area contributed by atoms with Gasteiger partial charge >= 0.3 is 0 Å². The zero-order valence-electron chi connectivity index (χ0n) is 13.0. The van der Waals surface area contributed by atoms with Crippen molar-refractivity contribution in [3.63, 3.8) is 0 Å². The number of aryl methyl sites for hydroxylation is 1. The second-order valence-corrected chi connectivity index (χ2v) is 7.37. The van der Waals surface area contributed by atoms with Crippen LogP contribution in [-0.4, -0.2) is 24.1 Å². The standard InChI is InChI=1S/C16H24N2OS/c1-11-6-7-13(19-5)12(10-11)17-15-18-14(8-9-20-15)16(2,3)4/h6-7,10,14H,8-9H2,1-5H3,(H,17,18). The second-order valence-electron chi connectivity index (χ2n) is 6.28. The summed E-state index contributed by atoms with van der Waals surface area (Å²) in [6.07, 6.45) is 1.14. The van der Waals surface area contributed by atoms with E-state index in [1.54, 1.807) is 18.9 Å². The summed E-state index contributed by atoms with van der Waals surface area (Å²) < 4.78 is 5.41. The number of benzene rings is 1. The highest BCUT2D eigenvalue weighted by atomic mass is 32.2. The average Bonchev–Trinajstić information content (AvgIpc) is 2.38. The molecule has 0 saturated carbocycles. The van der Waals surface area contributed by atoms with Gasteiger partial charge < -0.3 is 10.1 Å². The summed E-state index contributed by atoms with van der Waals surface area (Å²) in [7, 11) is 1.70. The number of ether oxygens (including phenoxy) is 1. The highest BCUT2D eigenvalue weighted by Crippen LogP contribution is 2.32. The molecule has 0 bridgehead atoms. The minimum atomic E-state index is 0.213. The highest BCUT2D eigenvalue weighted by molar-refractivity contribution is 8.14. The molecule has 0 aliphatic carbocycles. The molecule has 1 unspecified atom stereocenters. The molecule has 1 aliphatic rings. The van der Waals surface area contributed by atoms with Crippen LogP contribution >= 0.6 is 11.8 Å². The van der Waals surface area contributed by atoms with E-state index in [0.717, 1.165) is 28.8 Å². The number of rotatable bonds is 2. The van der Waals surface area contributed by atoms with Crippen LogP contribution in [0.4, 0.5) is 5.69 Å². The maximum absolute atomic E-state index is 5.41. The zero-order valence-corrected chi connectivity index (χ0v) is 13.8. The van der Waals surface area contributed by atoms with Gasteiger partial charge in [0.15, 0.2) is 5.17 Å². The monoisotopic (exact) mass is 292 g/mol. The lowest BCUT2D eigenvalue weighted by Gasteiger charge is -2.31. The lowest BCUT2D eigenvalue weighted by atomic mass is 9.85. The lowest BCUT2D eigenvalue weighted by molar-refractivity contribution is 0.316. The number of nitrogens with zero attached hydrogens (tertiary/aromatic N) is 1. The molecule has 0 fully saturated rings. The van der Waals surface area contributed by atoms with Crippen molar-refractivity contribution in [3.8, 4) is 5.75 Å². The molecule has 1 atom stereocenters. The third-order valence-corrected chi connectivity index (χ3v) is 4.42. The van der Waals surface area contributed by atoms with Gasteiger partial charge in [-0.15, -0.1) is 0 Å². The van der Waals surface area contributed by atoms with Crippen molar-refractivity contribution in [3.05, 3.63) is 23.8 Å². The van der Waals surface area contributed by atoms with Gasteiger partial charge in [-0.25, -0.2) is 0 Å². The van der Waals surface area contributed by atoms with Crippen LogP contribution < -0.4 is 10.1 Å². The molecular weight excluding hydrogens is 268 g/mol. The fraction of sp³-hybridized carbons (Fsp3) is 0.562. The van der Waals surface area contributed by atoms with Crippen molar-refractivity contribution in [2.45, 2.75) is 40.2 Å². The van der Waals surface area contributed by atoms with Crippen LogP contribution in [0, 0.1) is 12.3 Å². The van der Waals surface area contributed by atoms with Crippen molar-refractivity contribution >= 4 is 22.6 Å². The molecular formula is C16H24N2OS. The predicted octanol–water partition coefficient (Wildman–Crippen LogP) is 4.32. The van der Waals surface area contributed by atoms with Gasteiger partial charge in [-0.2, -0.15) is 0 Å². The van der Waals surface area contributed by atoms with Gasteiger partial charge in [-0.05, 0) is 36.5 Å². The molecule has 1 N–H and O–H groups in total. The average molecular weight is 292 g/mol. The Morgan fingerprint density at radius 2 is 2.10 bits per heavy atom. The number of aliphatic imine (C=N–C) groups is 1. The molecule has 0 aromatic heterocycles. The second kappa shape index (κ2) is 6.08. The van der Waals surface area contributed by atoms with Gasteiger partial charge in [-0.1, -0.05) is 38.6 Å². The third-order valence-electron chi connectivity index (χ3n) is 3.50. The Morgan fingerprint density at radius 1 is 1.35 bits per heavy atom. The molecule has 110 valence electrons. The minimum Gasteiger partial charge on any atom is -0.495 e. The van der Waals surface area contributed by atoms with Gasteiger partial charge in [-0.3, -0.25) is 4.99 Å². The van der Waals surface area contributed by atoms with Crippen LogP contribution in [0.25, 0.3) is 0 Å². The number of hydrogen-bond donors (Lipinski definition) is 1. The maximum atomic E-state index is 5.41. The Morgan fingerprint density at radius 3 is 2.75 bits per heavy atom. The first kappa shape index (κ1) is 15.2. The number of hydrogen-bond acceptors (Lipinski definition) is 4. The van der Waals surface area contributed by atoms with Crippen LogP contribution in [-0.2, 0) is 0 Å². The molecule has 1 aromatic rings. The molecule has 1 aromatic carbocycles. The van der Waals surface area contributed by atoms with Crippen molar-refractivity contribution in [2.75, 3.05) is 18.2 Å². The van der Waals surface area contributed by atoms with E-state index in [2.05, 4.69) is 45.1 Å². The van der Waals surface area contributed by atoms with E-state index in [-0.39, 0.29) is 5.41 Å². The lowest BCUT2D eigenvalue weighted by Crippen LogP contribution is -2.30. The third kappa shape index (κ3) is 3.69. The Hall–Kier alpha value is -1.16. The molecule has 4 heteroatoms. The normalized spacial score (nSPS) is 19.4. The van der Waals surface area contributed by atoms with Crippen LogP contribution in [0.5, 0.6) is 5.75 Å². The van der Waals surface area contributed by atoms with E-state index in [1.807, 2.05) is 6.07 Å². The number of anilines is 1. The summed E-state index contributed by atoms with van der Waals surface area (Å²) in [5.41, 5.74) is 2.42. The first-order valence-corrected chi connectivity index (χ1v) is 8.01. The zero-order chi connectivity index (χ0) is 14.8. The first-order chi connectivity index (χ1) is 9.40. The topological polar surface area (TPSA) is 33.6 Å². The molecule has 2 rings (SSSR count). The van der Waals surface area contributed by atoms with Crippen LogP contribution in [0.15, 0.2) is 23.2 Å². The molecule has 3 nitrogen and oxygen atoms in total. The van der Waals surface area contributed by atoms with Crippen molar-refractivity contribution in [1.29, 1.82) is 0 Å². The predicted molar refractivity (Wildman–Crippen MR) is 89.1 cm³/mol. The molecule has 1 aliphatic heterocycles. The highest BCUT2D eigenvalue weighted by Gasteiger charge is 2.27. The van der Waals surface area contributed by atoms with Gasteiger partial charge in [0.1, 0.15) is 5.75 Å². The number of amidine groups is 1. The minimum absolute atomic E-state index is 0.213. The smallest absolute Gasteiger partial charge is 0.161 e. The molecule has 0 saturated heterocycles. The van der Waals surface area contributed by atoms with Gasteiger partial charge in [0.25, 0.3) is 0 Å². The van der Waals surface area contributed by atoms with Crippen molar-refractivity contribution < 1.29 is 4.74 Å². The number of thioether (sulfide) groups is 1. The molecule has 0 spiro atoms. The molecule has 1 heterocycles. The van der Waals surface area contributed by atoms with Crippen LogP contribution in [0.2, 0.25) is 0 Å². The van der Waals surface area contributed by atoms with Crippen molar-refractivity contribution in [1.82, 2.24) is 0 Å². The molecule has 0 amide bonds. The van der Waals surface area contributed by atoms with E-state index in [0.29, 0.717) is 6.04 Å². The Labute approximate surface area is 126 Å². The van der Waals surface area contributed by atoms with Gasteiger partial charge in [0, 0.05) is 5.75 Å². The van der Waals surface area contributed by atoms with Crippen LogP contribution in [0.1, 0.15) is 32.8 Å². The van der Waals surface area contributed by atoms with Crippen LogP contribution in [0.3, 0.4) is 0 Å². The van der Waals surface area contributed by atoms with E-state index >= 15 is 0 Å². The quantitative estimate of drug-likeness (QED) is 0.881. The maximum Gasteiger partial charge on any atom is 0.161 e. The summed E-state index contributed by atoms with van der Waals surface area (Å²) in [4.78, 5) is 4.87. The van der Waals surface area contributed by atoms with Crippen molar-refractivity contribution in [2.24, 2.45) is 10.4 Å². The summed E-state index contributed by atoms with van der Waals surface area (Å²) >= 11 is 1.79. The molecule has 0 radical (unpaired) electrons. The van der Waals surface area contributed by atoms with E-state index < -0.39 is 0 Å². The fourth-order valence-electron chi connectivity index (χ4n) is 2.24. The molecule has 20 heavy (non-hydrogen) atoms. The Bertz CT molecular complexity index is 506. The van der Waals surface area contributed by atoms with E-state index in [4.69, 9.17) is 9.73 Å². The number of methoxy groups -OCH3 is 1. The first-order valence-electron chi connectivity index (χ1n) is 7.02.